The monoisotopic (exact) mass is 364 g/mol. The molecule has 1 aliphatic rings. The van der Waals surface area contributed by atoms with E-state index in [1.807, 2.05) is 49.1 Å². The van der Waals surface area contributed by atoms with Gasteiger partial charge in [-0.25, -0.2) is 0 Å². The second kappa shape index (κ2) is 8.85. The average Bonchev–Trinajstić information content (AvgIpc) is 2.67. The van der Waals surface area contributed by atoms with Crippen molar-refractivity contribution in [2.45, 2.75) is 33.1 Å². The molecule has 1 atom stereocenters. The molecule has 0 aromatic heterocycles. The Morgan fingerprint density at radius 1 is 1.07 bits per heavy atom. The van der Waals surface area contributed by atoms with Crippen LogP contribution in [0, 0.1) is 19.8 Å². The van der Waals surface area contributed by atoms with Crippen LogP contribution in [0.2, 0.25) is 0 Å². The zero-order valence-electron chi connectivity index (χ0n) is 16.2. The van der Waals surface area contributed by atoms with E-state index in [0.29, 0.717) is 13.1 Å². The van der Waals surface area contributed by atoms with E-state index in [1.165, 1.54) is 5.56 Å². The van der Waals surface area contributed by atoms with Crippen LogP contribution < -0.4 is 5.32 Å². The lowest BCUT2D eigenvalue weighted by atomic mass is 9.96. The number of nitrogens with one attached hydrogen (secondary N) is 1. The van der Waals surface area contributed by atoms with Gasteiger partial charge in [0.15, 0.2) is 0 Å². The molecule has 1 unspecified atom stereocenters. The van der Waals surface area contributed by atoms with Crippen LogP contribution in [0.3, 0.4) is 0 Å². The number of piperidine rings is 1. The van der Waals surface area contributed by atoms with Gasteiger partial charge in [0.2, 0.25) is 5.91 Å². The summed E-state index contributed by atoms with van der Waals surface area (Å²) in [6, 6.07) is 16.1. The largest absolute Gasteiger partial charge is 0.355 e. The second-order valence-corrected chi connectivity index (χ2v) is 7.49. The van der Waals surface area contributed by atoms with Crippen LogP contribution in [0.25, 0.3) is 0 Å². The van der Waals surface area contributed by atoms with Crippen molar-refractivity contribution in [2.75, 3.05) is 19.6 Å². The number of benzene rings is 2. The van der Waals surface area contributed by atoms with Crippen molar-refractivity contribution >= 4 is 11.8 Å². The Morgan fingerprint density at radius 3 is 2.48 bits per heavy atom. The molecule has 0 bridgehead atoms. The molecule has 1 aliphatic heterocycles. The number of carbonyl (C=O) groups excluding carboxylic acids is 2. The Kier molecular flexibility index (Phi) is 6.28. The summed E-state index contributed by atoms with van der Waals surface area (Å²) in [5.74, 6) is -0.0307. The summed E-state index contributed by atoms with van der Waals surface area (Å²) in [7, 11) is 0. The summed E-state index contributed by atoms with van der Waals surface area (Å²) in [5.41, 5.74) is 4.11. The first-order chi connectivity index (χ1) is 13.0. The van der Waals surface area contributed by atoms with E-state index in [2.05, 4.69) is 23.5 Å². The van der Waals surface area contributed by atoms with Gasteiger partial charge in [-0.2, -0.15) is 0 Å². The Morgan fingerprint density at radius 2 is 1.78 bits per heavy atom. The number of likely N-dealkylation sites (tertiary alicyclic amines) is 1. The molecule has 2 amide bonds. The Hall–Kier alpha value is -2.62. The first-order valence-electron chi connectivity index (χ1n) is 9.72. The van der Waals surface area contributed by atoms with Gasteiger partial charge in [0.05, 0.1) is 5.92 Å². The standard InChI is InChI=1S/C23H28N2O2/c1-17-13-18(2)15-21(14-17)23(27)25-12-6-9-20(16-25)22(26)24-11-10-19-7-4-3-5-8-19/h3-5,7-8,13-15,20H,6,9-12,16H2,1-2H3,(H,24,26). The van der Waals surface area contributed by atoms with Crippen molar-refractivity contribution in [1.29, 1.82) is 0 Å². The molecule has 4 nitrogen and oxygen atoms in total. The van der Waals surface area contributed by atoms with Crippen LogP contribution in [0.5, 0.6) is 0 Å². The number of carbonyl (C=O) groups is 2. The molecule has 0 saturated carbocycles. The molecule has 2 aromatic rings. The number of rotatable bonds is 5. The van der Waals surface area contributed by atoms with E-state index in [-0.39, 0.29) is 17.7 Å². The van der Waals surface area contributed by atoms with E-state index in [4.69, 9.17) is 0 Å². The van der Waals surface area contributed by atoms with Crippen molar-refractivity contribution in [1.82, 2.24) is 10.2 Å². The Bertz CT molecular complexity index is 781. The van der Waals surface area contributed by atoms with E-state index in [9.17, 15) is 9.59 Å². The molecule has 1 N–H and O–H groups in total. The molecular formula is C23H28N2O2. The molecule has 1 fully saturated rings. The van der Waals surface area contributed by atoms with Gasteiger partial charge in [-0.15, -0.1) is 0 Å². The van der Waals surface area contributed by atoms with Gasteiger partial charge in [0.25, 0.3) is 5.91 Å². The highest BCUT2D eigenvalue weighted by molar-refractivity contribution is 5.95. The lowest BCUT2D eigenvalue weighted by molar-refractivity contribution is -0.126. The fourth-order valence-corrected chi connectivity index (χ4v) is 3.78. The normalized spacial score (nSPS) is 16.8. The Balaban J connectivity index is 1.55. The quantitative estimate of drug-likeness (QED) is 0.883. The highest BCUT2D eigenvalue weighted by Gasteiger charge is 2.28. The van der Waals surface area contributed by atoms with Crippen LogP contribution in [0.1, 0.15) is 39.9 Å². The zero-order chi connectivity index (χ0) is 19.2. The summed E-state index contributed by atoms with van der Waals surface area (Å²) in [5, 5.41) is 3.04. The topological polar surface area (TPSA) is 49.4 Å². The van der Waals surface area contributed by atoms with E-state index in [1.54, 1.807) is 0 Å². The smallest absolute Gasteiger partial charge is 0.253 e. The van der Waals surface area contributed by atoms with E-state index < -0.39 is 0 Å². The number of nitrogens with zero attached hydrogens (tertiary/aromatic N) is 1. The van der Waals surface area contributed by atoms with Crippen molar-refractivity contribution < 1.29 is 9.59 Å². The minimum absolute atomic E-state index is 0.0311. The van der Waals surface area contributed by atoms with Gasteiger partial charge in [0.1, 0.15) is 0 Å². The highest BCUT2D eigenvalue weighted by atomic mass is 16.2. The summed E-state index contributed by atoms with van der Waals surface area (Å²) < 4.78 is 0. The molecule has 1 heterocycles. The van der Waals surface area contributed by atoms with Crippen molar-refractivity contribution in [3.63, 3.8) is 0 Å². The molecule has 0 aliphatic carbocycles. The molecule has 142 valence electrons. The SMILES string of the molecule is Cc1cc(C)cc(C(=O)N2CCCC(C(=O)NCCc3ccccc3)C2)c1. The molecular weight excluding hydrogens is 336 g/mol. The summed E-state index contributed by atoms with van der Waals surface area (Å²) in [6.45, 7) is 5.86. The summed E-state index contributed by atoms with van der Waals surface area (Å²) in [6.07, 6.45) is 2.53. The minimum atomic E-state index is -0.121. The van der Waals surface area contributed by atoms with E-state index in [0.717, 1.165) is 42.5 Å². The number of aryl methyl sites for hydroxylation is 2. The van der Waals surface area contributed by atoms with Crippen LogP contribution in [-0.4, -0.2) is 36.3 Å². The second-order valence-electron chi connectivity index (χ2n) is 7.49. The number of hydrogen-bond donors (Lipinski definition) is 1. The maximum absolute atomic E-state index is 12.9. The molecule has 0 spiro atoms. The molecule has 1 saturated heterocycles. The minimum Gasteiger partial charge on any atom is -0.355 e. The van der Waals surface area contributed by atoms with Gasteiger partial charge in [-0.1, -0.05) is 47.5 Å². The van der Waals surface area contributed by atoms with Crippen LogP contribution in [0.4, 0.5) is 0 Å². The van der Waals surface area contributed by atoms with Gasteiger partial charge in [0, 0.05) is 25.2 Å². The fraction of sp³-hybridized carbons (Fsp3) is 0.391. The van der Waals surface area contributed by atoms with E-state index >= 15 is 0 Å². The predicted molar refractivity (Wildman–Crippen MR) is 108 cm³/mol. The van der Waals surface area contributed by atoms with Crippen LogP contribution >= 0.6 is 0 Å². The molecule has 4 heteroatoms. The molecule has 27 heavy (non-hydrogen) atoms. The molecule has 3 rings (SSSR count). The van der Waals surface area contributed by atoms with Crippen LogP contribution in [-0.2, 0) is 11.2 Å². The summed E-state index contributed by atoms with van der Waals surface area (Å²) in [4.78, 5) is 27.3. The van der Waals surface area contributed by atoms with Crippen molar-refractivity contribution in [2.24, 2.45) is 5.92 Å². The lowest BCUT2D eigenvalue weighted by Gasteiger charge is -2.32. The van der Waals surface area contributed by atoms with Gasteiger partial charge in [-0.3, -0.25) is 9.59 Å². The highest BCUT2D eigenvalue weighted by Crippen LogP contribution is 2.20. The molecule has 0 radical (unpaired) electrons. The van der Waals surface area contributed by atoms with Crippen LogP contribution in [0.15, 0.2) is 48.5 Å². The van der Waals surface area contributed by atoms with Crippen molar-refractivity contribution in [3.05, 3.63) is 70.8 Å². The first-order valence-corrected chi connectivity index (χ1v) is 9.72. The maximum atomic E-state index is 12.9. The Labute approximate surface area is 161 Å². The summed E-state index contributed by atoms with van der Waals surface area (Å²) >= 11 is 0. The van der Waals surface area contributed by atoms with Gasteiger partial charge < -0.3 is 10.2 Å². The number of amides is 2. The lowest BCUT2D eigenvalue weighted by Crippen LogP contribution is -2.45. The molecule has 2 aromatic carbocycles. The third kappa shape index (κ3) is 5.19. The average molecular weight is 364 g/mol. The fourth-order valence-electron chi connectivity index (χ4n) is 3.78. The predicted octanol–water partition coefficient (Wildman–Crippen LogP) is 3.51. The third-order valence-corrected chi connectivity index (χ3v) is 5.10. The zero-order valence-corrected chi connectivity index (χ0v) is 16.2. The van der Waals surface area contributed by atoms with Gasteiger partial charge in [-0.05, 0) is 50.8 Å². The third-order valence-electron chi connectivity index (χ3n) is 5.10. The van der Waals surface area contributed by atoms with Gasteiger partial charge >= 0.3 is 0 Å². The van der Waals surface area contributed by atoms with Crippen molar-refractivity contribution in [3.8, 4) is 0 Å². The number of hydrogen-bond acceptors (Lipinski definition) is 2. The maximum Gasteiger partial charge on any atom is 0.253 e. The first kappa shape index (κ1) is 19.2.